The van der Waals surface area contributed by atoms with Gasteiger partial charge in [-0.2, -0.15) is 0 Å². The van der Waals surface area contributed by atoms with E-state index < -0.39 is 23.9 Å². The van der Waals surface area contributed by atoms with Crippen LogP contribution in [0.4, 0.5) is 11.4 Å². The summed E-state index contributed by atoms with van der Waals surface area (Å²) in [5.41, 5.74) is 13.1. The van der Waals surface area contributed by atoms with E-state index in [0.717, 1.165) is 68.5 Å². The van der Waals surface area contributed by atoms with Crippen molar-refractivity contribution in [3.8, 4) is 51.7 Å². The lowest BCUT2D eigenvalue weighted by molar-refractivity contribution is -0.135. The molecule has 0 atom stereocenters. The van der Waals surface area contributed by atoms with Gasteiger partial charge in [0, 0.05) is 93.5 Å². The molecule has 0 radical (unpaired) electrons. The Morgan fingerprint density at radius 2 is 0.605 bits per heavy atom. The highest BCUT2D eigenvalue weighted by Gasteiger charge is 2.18. The first-order valence-corrected chi connectivity index (χ1v) is 26.4. The van der Waals surface area contributed by atoms with Gasteiger partial charge in [-0.3, -0.25) is 9.59 Å². The van der Waals surface area contributed by atoms with E-state index in [1.54, 1.807) is 96.4 Å². The number of carboxylic acids is 4. The zero-order valence-corrected chi connectivity index (χ0v) is 56.2. The second-order valence-corrected chi connectivity index (χ2v) is 17.1. The first kappa shape index (κ1) is 89.5. The van der Waals surface area contributed by atoms with Gasteiger partial charge in [0.2, 0.25) is 0 Å². The number of nitrogens with two attached hydrogens (primary N) is 2. The minimum absolute atomic E-state index is 0.00986. The van der Waals surface area contributed by atoms with Crippen LogP contribution in [0.5, 0.6) is 51.7 Å². The van der Waals surface area contributed by atoms with Crippen LogP contribution >= 0.6 is 50.5 Å². The van der Waals surface area contributed by atoms with Gasteiger partial charge in [-0.05, 0) is 116 Å². The molecule has 0 heterocycles. The minimum atomic E-state index is -1.10. The molecule has 0 bridgehead atoms. The number of aryl methyl sites for hydroxylation is 1. The maximum absolute atomic E-state index is 10.8. The van der Waals surface area contributed by atoms with Crippen molar-refractivity contribution in [1.29, 1.82) is 0 Å². The number of hydrogen-bond donors (Lipinski definition) is 10. The minimum Gasteiger partial charge on any atom is -0.497 e. The predicted octanol–water partition coefficient (Wildman–Crippen LogP) is 12.2. The van der Waals surface area contributed by atoms with Crippen molar-refractivity contribution in [3.05, 3.63) is 126 Å². The van der Waals surface area contributed by atoms with Crippen LogP contribution in [0.15, 0.2) is 129 Å². The Hall–Kier alpha value is -7.72. The van der Waals surface area contributed by atoms with E-state index in [2.05, 4.69) is 64.7 Å². The normalized spacial score (nSPS) is 8.60. The van der Waals surface area contributed by atoms with E-state index in [9.17, 15) is 9.59 Å². The highest BCUT2D eigenvalue weighted by molar-refractivity contribution is 7.80. The van der Waals surface area contributed by atoms with Crippen molar-refractivity contribution in [2.24, 2.45) is 0 Å². The number of methoxy groups -OCH3 is 12. The molecule has 0 spiro atoms. The third kappa shape index (κ3) is 46.6. The summed E-state index contributed by atoms with van der Waals surface area (Å²) in [6, 6.07) is 31.9. The third-order valence-electron chi connectivity index (χ3n) is 8.34. The molecule has 0 saturated heterocycles. The molecule has 0 aromatic heterocycles. The van der Waals surface area contributed by atoms with E-state index in [1.807, 2.05) is 93.6 Å². The number of aliphatic carboxylic acids is 2. The Kier molecular flexibility index (Phi) is 60.0. The quantitative estimate of drug-likeness (QED) is 0.0426. The SMILES string of the molecule is CC.CC(=O)O.CC(=O)O.COC.COC.COC.COc1cc(N)cc(C(=O)O)c1OC.COc1cc(S)cc(C(=O)O)c1OC.COc1cc(S)cc(C)c1OC.COc1ccc(N)cc1.COc1ccc(S)cc1.COc1ccc(S)cc1. The van der Waals surface area contributed by atoms with Crippen LogP contribution in [0, 0.1) is 6.92 Å². The standard InChI is InChI=1S/C9H11NO4.C9H10O4S.C9H12O2S.C7H9NO.2C7H8OS.2C2H4O2.3C2H6O.C2H6/c1-13-7-4-5(10)3-6(9(11)12)8(7)14-2;1-12-7-4-5(14)3-6(9(10)11)8(7)13-2;1-6-4-7(12)5-8(10-2)9(6)11-3;1-9-7-4-2-6(8)3-5-7;2*1-8-6-2-4-7(9)5-3-6;2*1-2(3)4;3*1-3-2;1-2/h3-4H,10H2,1-2H3,(H,11,12);3-4,14H,1-2H3,(H,10,11);4-5,12H,1-3H3;2-5H,8H2,1H3;2*2-5,9H,1H3;2*1H3,(H,3,4);3*1-2H3;1-2H3. The molecule has 22 nitrogen and oxygen atoms in total. The van der Waals surface area contributed by atoms with E-state index in [1.165, 1.54) is 46.6 Å². The molecule has 6 rings (SSSR count). The third-order valence-corrected chi connectivity index (χ3v) is 9.45. The molecular weight excluding hydrogens is 1200 g/mol. The van der Waals surface area contributed by atoms with Crippen LogP contribution in [0.3, 0.4) is 0 Å². The van der Waals surface area contributed by atoms with Crippen LogP contribution in [0.1, 0.15) is 54.0 Å². The number of nitrogen functional groups attached to an aromatic ring is 2. The molecule has 0 aliphatic rings. The fourth-order valence-corrected chi connectivity index (χ4v) is 6.01. The van der Waals surface area contributed by atoms with Gasteiger partial charge in [-0.15, -0.1) is 50.5 Å². The average molecular weight is 1290 g/mol. The largest absolute Gasteiger partial charge is 0.497 e. The zero-order valence-electron chi connectivity index (χ0n) is 52.7. The van der Waals surface area contributed by atoms with Crippen molar-refractivity contribution < 1.29 is 96.4 Å². The highest BCUT2D eigenvalue weighted by Crippen LogP contribution is 2.35. The van der Waals surface area contributed by atoms with E-state index in [4.69, 9.17) is 84.1 Å². The van der Waals surface area contributed by atoms with Crippen LogP contribution in [-0.2, 0) is 23.8 Å². The molecule has 0 aliphatic carbocycles. The summed E-state index contributed by atoms with van der Waals surface area (Å²) in [4.78, 5) is 42.9. The summed E-state index contributed by atoms with van der Waals surface area (Å²) in [5.74, 6) is 1.28. The number of carbonyl (C=O) groups is 4. The molecule has 8 N–H and O–H groups in total. The van der Waals surface area contributed by atoms with Gasteiger partial charge in [0.1, 0.15) is 28.4 Å². The molecule has 0 fully saturated rings. The van der Waals surface area contributed by atoms with E-state index in [-0.39, 0.29) is 22.6 Å². The maximum Gasteiger partial charge on any atom is 0.339 e. The summed E-state index contributed by atoms with van der Waals surface area (Å²) < 4.78 is 57.6. The first-order chi connectivity index (χ1) is 40.6. The fourth-order valence-electron chi connectivity index (χ4n) is 5.16. The fraction of sp³-hybridized carbons (Fsp3) is 0.333. The van der Waals surface area contributed by atoms with Crippen molar-refractivity contribution >= 4 is 85.8 Å². The number of ether oxygens (including phenoxy) is 12. The van der Waals surface area contributed by atoms with Crippen molar-refractivity contribution in [2.75, 3.05) is 118 Å². The number of benzene rings is 6. The van der Waals surface area contributed by atoms with Gasteiger partial charge in [-0.1, -0.05) is 13.8 Å². The van der Waals surface area contributed by atoms with Crippen molar-refractivity contribution in [3.63, 3.8) is 0 Å². The Morgan fingerprint density at radius 1 is 0.349 bits per heavy atom. The monoisotopic (exact) mass is 1290 g/mol. The molecule has 0 amide bonds. The molecule has 86 heavy (non-hydrogen) atoms. The highest BCUT2D eigenvalue weighted by atomic mass is 32.1. The summed E-state index contributed by atoms with van der Waals surface area (Å²) in [6.07, 6.45) is 0. The van der Waals surface area contributed by atoms with E-state index >= 15 is 0 Å². The van der Waals surface area contributed by atoms with Crippen molar-refractivity contribution in [2.45, 2.75) is 54.2 Å². The number of aromatic carboxylic acids is 2. The number of hydrogen-bond acceptors (Lipinski definition) is 22. The topological polar surface area (TPSA) is 312 Å². The van der Waals surface area contributed by atoms with Gasteiger partial charge in [0.05, 0.1) is 64.0 Å². The van der Waals surface area contributed by atoms with Crippen LogP contribution in [-0.4, -0.2) is 151 Å². The lowest BCUT2D eigenvalue weighted by Gasteiger charge is -2.10. The lowest BCUT2D eigenvalue weighted by atomic mass is 10.1. The smallest absolute Gasteiger partial charge is 0.339 e. The van der Waals surface area contributed by atoms with Crippen LogP contribution in [0.2, 0.25) is 0 Å². The predicted molar refractivity (Wildman–Crippen MR) is 351 cm³/mol. The van der Waals surface area contributed by atoms with Crippen molar-refractivity contribution in [1.82, 2.24) is 0 Å². The Labute approximate surface area is 529 Å². The summed E-state index contributed by atoms with van der Waals surface area (Å²) in [7, 11) is 23.5. The molecule has 0 unspecified atom stereocenters. The first-order valence-electron chi connectivity index (χ1n) is 24.6. The Balaban J connectivity index is -0.000000212. The molecule has 484 valence electrons. The van der Waals surface area contributed by atoms with Gasteiger partial charge in [-0.25, -0.2) is 9.59 Å². The second-order valence-electron chi connectivity index (χ2n) is 15.1. The Bertz CT molecular complexity index is 2500. The summed E-state index contributed by atoms with van der Waals surface area (Å²) >= 11 is 16.5. The molecule has 0 saturated carbocycles. The average Bonchev–Trinajstić information content (AvgIpc) is 3.62. The summed E-state index contributed by atoms with van der Waals surface area (Å²) in [6.45, 7) is 8.13. The zero-order chi connectivity index (χ0) is 67.9. The maximum atomic E-state index is 10.8. The van der Waals surface area contributed by atoms with Gasteiger partial charge in [0.25, 0.3) is 11.9 Å². The molecule has 6 aromatic rings. The van der Waals surface area contributed by atoms with E-state index in [0.29, 0.717) is 22.1 Å². The molecule has 0 aliphatic heterocycles. The number of rotatable bonds is 11. The van der Waals surface area contributed by atoms with Gasteiger partial charge >= 0.3 is 11.9 Å². The van der Waals surface area contributed by atoms with Gasteiger partial charge < -0.3 is 88.7 Å². The van der Waals surface area contributed by atoms with Crippen LogP contribution < -0.4 is 54.1 Å². The number of carboxylic acid groups (broad SMARTS) is 4. The Morgan fingerprint density at radius 3 is 0.872 bits per heavy atom. The molecular formula is C60H90N2O20S4. The van der Waals surface area contributed by atoms with Crippen LogP contribution in [0.25, 0.3) is 0 Å². The second kappa shape index (κ2) is 57.7. The number of thiol groups is 4. The summed E-state index contributed by atoms with van der Waals surface area (Å²) in [5, 5.41) is 32.6. The molecule has 26 heteroatoms. The molecule has 6 aromatic carbocycles. The lowest BCUT2D eigenvalue weighted by Crippen LogP contribution is -2.03. The number of anilines is 2. The van der Waals surface area contributed by atoms with Gasteiger partial charge in [0.15, 0.2) is 34.5 Å².